The normalized spacial score (nSPS) is 17.7. The van der Waals surface area contributed by atoms with Gasteiger partial charge in [-0.15, -0.1) is 23.5 Å². The van der Waals surface area contributed by atoms with Gasteiger partial charge in [0.25, 0.3) is 0 Å². The number of carbonyl (C=O) groups excluding carboxylic acids is 2. The van der Waals surface area contributed by atoms with E-state index in [4.69, 9.17) is 11.5 Å². The van der Waals surface area contributed by atoms with Crippen LogP contribution >= 0.6 is 23.5 Å². The molecule has 2 heterocycles. The standard InChI is InChI=1S/C25H27N3O3S2.C21H27N3O3S2/c26-16-15-23(21-9-5-2-6-10-21)27-24(29)25-28(17-18-32-25)33(30,31)22-13-11-20(12-14-22)19-7-3-1-4-8-19;1-21(2,3)16-7-9-18(10-8-16)29(26,27)24-11-12-28-20(24)19(25)23-14-15-5-4-6-17(22)13-15/h1-14,23,25H,15-18,26H2,(H,27,29);4-10,13,20H,11-12,14,22H2,1-3H3,(H,23,25). The number of nitrogens with zero attached hydrogens (tertiary/aromatic N) is 2. The summed E-state index contributed by atoms with van der Waals surface area (Å²) in [6.45, 7) is 7.54. The van der Waals surface area contributed by atoms with E-state index in [1.807, 2.05) is 84.9 Å². The van der Waals surface area contributed by atoms with Gasteiger partial charge in [0.15, 0.2) is 0 Å². The molecule has 0 spiro atoms. The van der Waals surface area contributed by atoms with E-state index in [0.29, 0.717) is 49.8 Å². The van der Waals surface area contributed by atoms with Crippen LogP contribution in [-0.4, -0.2) is 79.1 Å². The highest BCUT2D eigenvalue weighted by atomic mass is 32.2. The summed E-state index contributed by atoms with van der Waals surface area (Å²) in [5.41, 5.74) is 16.9. The van der Waals surface area contributed by atoms with E-state index in [9.17, 15) is 26.4 Å². The van der Waals surface area contributed by atoms with Gasteiger partial charge < -0.3 is 22.1 Å². The summed E-state index contributed by atoms with van der Waals surface area (Å²) >= 11 is 2.67. The van der Waals surface area contributed by atoms with Gasteiger partial charge in [-0.3, -0.25) is 9.59 Å². The van der Waals surface area contributed by atoms with E-state index in [0.717, 1.165) is 27.8 Å². The van der Waals surface area contributed by atoms with E-state index in [2.05, 4.69) is 31.4 Å². The summed E-state index contributed by atoms with van der Waals surface area (Å²) < 4.78 is 55.7. The summed E-state index contributed by atoms with van der Waals surface area (Å²) in [7, 11) is -7.57. The fourth-order valence-corrected chi connectivity index (χ4v) is 13.2. The van der Waals surface area contributed by atoms with Crippen LogP contribution in [0.3, 0.4) is 0 Å². The van der Waals surface area contributed by atoms with Crippen LogP contribution in [0.5, 0.6) is 0 Å². The van der Waals surface area contributed by atoms with Crippen LogP contribution in [0.2, 0.25) is 0 Å². The Morgan fingerprint density at radius 1 is 0.694 bits per heavy atom. The molecule has 5 aromatic rings. The minimum absolute atomic E-state index is 0.0605. The van der Waals surface area contributed by atoms with Crippen LogP contribution in [0.15, 0.2) is 143 Å². The third-order valence-electron chi connectivity index (χ3n) is 10.4. The van der Waals surface area contributed by atoms with Gasteiger partial charge in [0.05, 0.1) is 15.8 Å². The molecule has 2 saturated heterocycles. The number of benzene rings is 5. The van der Waals surface area contributed by atoms with Crippen molar-refractivity contribution in [3.8, 4) is 11.1 Å². The van der Waals surface area contributed by atoms with E-state index < -0.39 is 30.8 Å². The quantitative estimate of drug-likeness (QED) is 0.0943. The Labute approximate surface area is 374 Å². The lowest BCUT2D eigenvalue weighted by atomic mass is 9.87. The van der Waals surface area contributed by atoms with Crippen LogP contribution in [0.1, 0.15) is 49.9 Å². The predicted molar refractivity (Wildman–Crippen MR) is 251 cm³/mol. The molecule has 2 aliphatic heterocycles. The average molecular weight is 915 g/mol. The van der Waals surface area contributed by atoms with Crippen molar-refractivity contribution in [3.63, 3.8) is 0 Å². The number of sulfonamides is 2. The van der Waals surface area contributed by atoms with Crippen molar-refractivity contribution in [3.05, 3.63) is 150 Å². The number of nitrogens with one attached hydrogen (secondary N) is 2. The first-order chi connectivity index (χ1) is 29.6. The first-order valence-electron chi connectivity index (χ1n) is 20.3. The Bertz CT molecular complexity index is 2510. The van der Waals surface area contributed by atoms with Gasteiger partial charge in [-0.05, 0) is 82.6 Å². The van der Waals surface area contributed by atoms with Crippen molar-refractivity contribution in [2.45, 2.75) is 65.7 Å². The second-order valence-electron chi connectivity index (χ2n) is 15.9. The molecule has 7 rings (SSSR count). The molecular formula is C46H54N6O6S4. The largest absolute Gasteiger partial charge is 0.399 e. The van der Waals surface area contributed by atoms with E-state index >= 15 is 0 Å². The Morgan fingerprint density at radius 3 is 1.74 bits per heavy atom. The van der Waals surface area contributed by atoms with Crippen LogP contribution < -0.4 is 22.1 Å². The lowest BCUT2D eigenvalue weighted by molar-refractivity contribution is -0.123. The van der Waals surface area contributed by atoms with Crippen LogP contribution in [0, 0.1) is 0 Å². The van der Waals surface area contributed by atoms with Crippen LogP contribution in [0.25, 0.3) is 11.1 Å². The number of hydrogen-bond donors (Lipinski definition) is 4. The summed E-state index contributed by atoms with van der Waals surface area (Å²) in [5.74, 6) is 0.510. The van der Waals surface area contributed by atoms with Gasteiger partial charge in [0.2, 0.25) is 31.9 Å². The van der Waals surface area contributed by atoms with Gasteiger partial charge in [-0.2, -0.15) is 8.61 Å². The average Bonchev–Trinajstić information content (AvgIpc) is 3.99. The molecule has 16 heteroatoms. The SMILES string of the molecule is CC(C)(C)c1ccc(S(=O)(=O)N2CCSC2C(=O)NCc2cccc(N)c2)cc1.NCCC(NC(=O)C1SCCN1S(=O)(=O)c1ccc(-c2ccccc2)cc1)c1ccccc1. The Balaban J connectivity index is 0.000000209. The number of anilines is 1. The van der Waals surface area contributed by atoms with Crippen molar-refractivity contribution < 1.29 is 26.4 Å². The number of nitrogen functional groups attached to an aromatic ring is 1. The summed E-state index contributed by atoms with van der Waals surface area (Å²) in [6.07, 6.45) is 0.570. The topological polar surface area (TPSA) is 185 Å². The van der Waals surface area contributed by atoms with Crippen molar-refractivity contribution in [1.82, 2.24) is 19.2 Å². The van der Waals surface area contributed by atoms with Gasteiger partial charge in [0, 0.05) is 36.8 Å². The zero-order chi connectivity index (χ0) is 44.5. The van der Waals surface area contributed by atoms with Gasteiger partial charge in [0.1, 0.15) is 10.7 Å². The molecule has 5 aromatic carbocycles. The minimum atomic E-state index is -3.82. The minimum Gasteiger partial charge on any atom is -0.399 e. The molecule has 12 nitrogen and oxygen atoms in total. The van der Waals surface area contributed by atoms with E-state index in [1.54, 1.807) is 48.5 Å². The molecule has 2 amide bonds. The molecular weight excluding hydrogens is 861 g/mol. The second-order valence-corrected chi connectivity index (χ2v) is 22.0. The maximum absolute atomic E-state index is 13.4. The molecule has 0 aliphatic carbocycles. The van der Waals surface area contributed by atoms with Gasteiger partial charge in [-0.25, -0.2) is 16.8 Å². The summed E-state index contributed by atoms with van der Waals surface area (Å²) in [4.78, 5) is 26.3. The van der Waals surface area contributed by atoms with E-state index in [-0.39, 0.29) is 33.1 Å². The molecule has 2 fully saturated rings. The van der Waals surface area contributed by atoms with Crippen LogP contribution in [-0.2, 0) is 41.6 Å². The fourth-order valence-electron chi connectivity index (χ4n) is 7.06. The Morgan fingerprint density at radius 2 is 1.21 bits per heavy atom. The van der Waals surface area contributed by atoms with Crippen molar-refractivity contribution in [2.75, 3.05) is 36.9 Å². The zero-order valence-electron chi connectivity index (χ0n) is 35.0. The first kappa shape index (κ1) is 46.8. The molecule has 62 heavy (non-hydrogen) atoms. The maximum Gasteiger partial charge on any atom is 0.249 e. The highest BCUT2D eigenvalue weighted by Crippen LogP contribution is 2.33. The fraction of sp³-hybridized carbons (Fsp3) is 0.304. The molecule has 3 unspecified atom stereocenters. The lowest BCUT2D eigenvalue weighted by Gasteiger charge is -2.25. The van der Waals surface area contributed by atoms with Crippen molar-refractivity contribution >= 4 is 61.1 Å². The van der Waals surface area contributed by atoms with Crippen molar-refractivity contribution in [1.29, 1.82) is 0 Å². The van der Waals surface area contributed by atoms with Crippen molar-refractivity contribution in [2.24, 2.45) is 5.73 Å². The number of rotatable bonds is 13. The second kappa shape index (κ2) is 20.7. The lowest BCUT2D eigenvalue weighted by Crippen LogP contribution is -2.45. The van der Waals surface area contributed by atoms with E-state index in [1.165, 1.54) is 32.1 Å². The van der Waals surface area contributed by atoms with Crippen LogP contribution in [0.4, 0.5) is 5.69 Å². The molecule has 2 aliphatic rings. The maximum atomic E-state index is 13.4. The molecule has 0 bridgehead atoms. The summed E-state index contributed by atoms with van der Waals surface area (Å²) in [6, 6.07) is 40.1. The Kier molecular flexibility index (Phi) is 15.6. The van der Waals surface area contributed by atoms with Gasteiger partial charge in [-0.1, -0.05) is 118 Å². The third-order valence-corrected chi connectivity index (χ3v) is 16.9. The number of hydrogen-bond acceptors (Lipinski definition) is 10. The monoisotopic (exact) mass is 914 g/mol. The molecule has 3 atom stereocenters. The molecule has 0 aromatic heterocycles. The highest BCUT2D eigenvalue weighted by molar-refractivity contribution is 8.02. The molecule has 0 saturated carbocycles. The number of carbonyl (C=O) groups is 2. The first-order valence-corrected chi connectivity index (χ1v) is 25.3. The number of nitrogens with two attached hydrogens (primary N) is 2. The molecule has 328 valence electrons. The number of thioether (sulfide) groups is 2. The summed E-state index contributed by atoms with van der Waals surface area (Å²) in [5, 5.41) is 4.26. The molecule has 6 N–H and O–H groups in total. The number of amides is 2. The Hall–Kier alpha value is -4.68. The molecule has 0 radical (unpaired) electrons. The highest BCUT2D eigenvalue weighted by Gasteiger charge is 2.42. The smallest absolute Gasteiger partial charge is 0.249 e. The zero-order valence-corrected chi connectivity index (χ0v) is 38.3. The predicted octanol–water partition coefficient (Wildman–Crippen LogP) is 6.57. The third kappa shape index (κ3) is 11.5. The van der Waals surface area contributed by atoms with Gasteiger partial charge >= 0.3 is 0 Å².